The number of allylic oxidation sites excluding steroid dienone is 11. The van der Waals surface area contributed by atoms with Gasteiger partial charge in [-0.25, -0.2) is 20.0 Å². The molecule has 0 saturated carbocycles. The van der Waals surface area contributed by atoms with Crippen LogP contribution >= 0.6 is 0 Å². The number of hydrogen-bond donors (Lipinski definition) is 1. The lowest BCUT2D eigenvalue weighted by atomic mass is 9.94. The number of pyridine rings is 2. The number of H-pyrrole nitrogens is 1. The van der Waals surface area contributed by atoms with E-state index in [1.54, 1.807) is 12.4 Å². The standard InChI is InChI=1S/C47H29N5/c1-3-11-32(12-4-1)46-35-18-17-34(31-35)38(21-19-36-15-7-9-29-48-36)40-23-27-44(50-40)47(33-13-5-2-6-14-33)45-28-25-42(52-45)39(41-24-26-43(46)51-41)22-20-37-16-8-10-30-49-37/h1-18,23-30,51H,31H2. The highest BCUT2D eigenvalue weighted by Gasteiger charge is 2.25. The molecule has 0 amide bonds. The quantitative estimate of drug-likeness (QED) is 0.192. The minimum Gasteiger partial charge on any atom is -0.354 e. The molecule has 5 nitrogen and oxygen atoms in total. The van der Waals surface area contributed by atoms with Crippen molar-refractivity contribution in [3.63, 3.8) is 0 Å². The Hall–Kier alpha value is -7.34. The van der Waals surface area contributed by atoms with Gasteiger partial charge in [0.1, 0.15) is 11.4 Å². The van der Waals surface area contributed by atoms with E-state index in [1.165, 1.54) is 5.57 Å². The van der Waals surface area contributed by atoms with E-state index in [4.69, 9.17) is 9.98 Å². The molecule has 0 atom stereocenters. The first-order chi connectivity index (χ1) is 25.8. The highest BCUT2D eigenvalue weighted by molar-refractivity contribution is 6.33. The van der Waals surface area contributed by atoms with Gasteiger partial charge in [0.15, 0.2) is 0 Å². The third kappa shape index (κ3) is 6.05. The Morgan fingerprint density at radius 3 is 1.71 bits per heavy atom. The molecule has 0 spiro atoms. The molecule has 9 rings (SSSR count). The zero-order valence-electron chi connectivity index (χ0n) is 28.0. The fourth-order valence-corrected chi connectivity index (χ4v) is 6.69. The van der Waals surface area contributed by atoms with Crippen molar-refractivity contribution in [2.75, 3.05) is 0 Å². The van der Waals surface area contributed by atoms with Gasteiger partial charge in [-0.05, 0) is 101 Å². The summed E-state index contributed by atoms with van der Waals surface area (Å²) < 4.78 is 0. The van der Waals surface area contributed by atoms with E-state index < -0.39 is 0 Å². The van der Waals surface area contributed by atoms with Crippen molar-refractivity contribution in [3.05, 3.63) is 220 Å². The van der Waals surface area contributed by atoms with E-state index in [2.05, 4.69) is 118 Å². The van der Waals surface area contributed by atoms with Crippen LogP contribution in [0, 0.1) is 23.7 Å². The van der Waals surface area contributed by atoms with Crippen LogP contribution in [0.5, 0.6) is 0 Å². The number of fused-ring (bicyclic) bond motifs is 6. The van der Waals surface area contributed by atoms with Crippen LogP contribution in [-0.4, -0.2) is 26.4 Å². The fourth-order valence-electron chi connectivity index (χ4n) is 6.69. The molecule has 8 bridgehead atoms. The van der Waals surface area contributed by atoms with Crippen molar-refractivity contribution in [1.29, 1.82) is 0 Å². The largest absolute Gasteiger partial charge is 0.354 e. The summed E-state index contributed by atoms with van der Waals surface area (Å²) in [6.45, 7) is 0. The number of aliphatic imine (C=N–C) groups is 2. The SMILES string of the molecule is C(#Cc1ccccn1)C1=C2C=CC(=C(c3ccccc3)c3ccc([nH]3)C(C#Cc3ccccn3)=C3C=CC(=N3)C(c3ccccc3)=C3C=CC1=N3)C2. The lowest BCUT2D eigenvalue weighted by Crippen LogP contribution is -2.02. The Morgan fingerprint density at radius 2 is 1.02 bits per heavy atom. The van der Waals surface area contributed by atoms with Crippen LogP contribution in [0.25, 0.3) is 16.7 Å². The number of aromatic nitrogens is 3. The summed E-state index contributed by atoms with van der Waals surface area (Å²) in [5, 5.41) is 0. The number of benzene rings is 2. The summed E-state index contributed by atoms with van der Waals surface area (Å²) in [7, 11) is 0. The molecule has 0 fully saturated rings. The molecule has 3 aromatic heterocycles. The zero-order chi connectivity index (χ0) is 34.7. The van der Waals surface area contributed by atoms with Gasteiger partial charge < -0.3 is 4.98 Å². The molecule has 52 heavy (non-hydrogen) atoms. The van der Waals surface area contributed by atoms with Gasteiger partial charge in [0, 0.05) is 29.2 Å². The first-order valence-electron chi connectivity index (χ1n) is 17.1. The maximum atomic E-state index is 5.27. The third-order valence-corrected chi connectivity index (χ3v) is 9.12. The summed E-state index contributed by atoms with van der Waals surface area (Å²) in [4.78, 5) is 23.2. The first kappa shape index (κ1) is 30.7. The van der Waals surface area contributed by atoms with Crippen molar-refractivity contribution >= 4 is 28.1 Å². The summed E-state index contributed by atoms with van der Waals surface area (Å²) in [6, 6.07) is 36.6. The summed E-state index contributed by atoms with van der Waals surface area (Å²) in [6.07, 6.45) is 16.8. The van der Waals surface area contributed by atoms with Gasteiger partial charge in [-0.1, -0.05) is 96.8 Å². The monoisotopic (exact) mass is 663 g/mol. The van der Waals surface area contributed by atoms with Crippen LogP contribution < -0.4 is 0 Å². The van der Waals surface area contributed by atoms with Gasteiger partial charge in [-0.2, -0.15) is 0 Å². The van der Waals surface area contributed by atoms with Crippen LogP contribution in [-0.2, 0) is 0 Å². The molecule has 0 radical (unpaired) electrons. The Bertz CT molecular complexity index is 2650. The van der Waals surface area contributed by atoms with Gasteiger partial charge >= 0.3 is 0 Å². The highest BCUT2D eigenvalue weighted by atomic mass is 14.8. The third-order valence-electron chi connectivity index (χ3n) is 9.12. The average molecular weight is 664 g/mol. The van der Waals surface area contributed by atoms with Crippen LogP contribution in [0.3, 0.4) is 0 Å². The second-order valence-corrected chi connectivity index (χ2v) is 12.4. The molecule has 0 saturated heterocycles. The normalized spacial score (nSPS) is 15.8. The first-order valence-corrected chi connectivity index (χ1v) is 17.1. The van der Waals surface area contributed by atoms with Gasteiger partial charge in [0.05, 0.1) is 39.7 Å². The molecule has 3 aliphatic heterocycles. The lowest BCUT2D eigenvalue weighted by molar-refractivity contribution is 1.23. The van der Waals surface area contributed by atoms with E-state index >= 15 is 0 Å². The summed E-state index contributed by atoms with van der Waals surface area (Å²) >= 11 is 0. The Labute approximate surface area is 302 Å². The zero-order valence-corrected chi connectivity index (χ0v) is 28.0. The molecule has 5 heteroatoms. The molecule has 2 aromatic carbocycles. The van der Waals surface area contributed by atoms with Gasteiger partial charge in [0.2, 0.25) is 0 Å². The molecule has 242 valence electrons. The molecule has 6 heterocycles. The predicted octanol–water partition coefficient (Wildman–Crippen LogP) is 9.12. The van der Waals surface area contributed by atoms with E-state index in [0.717, 1.165) is 73.2 Å². The minimum absolute atomic E-state index is 0.684. The van der Waals surface area contributed by atoms with Crippen molar-refractivity contribution < 1.29 is 0 Å². The van der Waals surface area contributed by atoms with Crippen LogP contribution in [0.4, 0.5) is 0 Å². The molecular weight excluding hydrogens is 635 g/mol. The van der Waals surface area contributed by atoms with E-state index in [0.29, 0.717) is 17.8 Å². The van der Waals surface area contributed by atoms with Crippen molar-refractivity contribution in [2.24, 2.45) is 9.98 Å². The predicted molar refractivity (Wildman–Crippen MR) is 210 cm³/mol. The van der Waals surface area contributed by atoms with Gasteiger partial charge in [-0.3, -0.25) is 0 Å². The van der Waals surface area contributed by atoms with E-state index in [9.17, 15) is 0 Å². The molecular formula is C47H29N5. The van der Waals surface area contributed by atoms with Gasteiger partial charge in [-0.15, -0.1) is 0 Å². The van der Waals surface area contributed by atoms with Crippen LogP contribution in [0.1, 0.15) is 40.3 Å². The van der Waals surface area contributed by atoms with Crippen molar-refractivity contribution in [3.8, 4) is 23.7 Å². The van der Waals surface area contributed by atoms with E-state index in [1.807, 2.05) is 66.7 Å². The highest BCUT2D eigenvalue weighted by Crippen LogP contribution is 2.38. The number of aromatic amines is 1. The van der Waals surface area contributed by atoms with Gasteiger partial charge in [0.25, 0.3) is 0 Å². The molecule has 1 aliphatic carbocycles. The summed E-state index contributed by atoms with van der Waals surface area (Å²) in [5.41, 5.74) is 14.6. The number of rotatable bonds is 2. The maximum Gasteiger partial charge on any atom is 0.113 e. The van der Waals surface area contributed by atoms with Crippen molar-refractivity contribution in [2.45, 2.75) is 6.42 Å². The average Bonchev–Trinajstić information content (AvgIpc) is 4.04. The number of hydrogen-bond acceptors (Lipinski definition) is 4. The van der Waals surface area contributed by atoms with E-state index in [-0.39, 0.29) is 0 Å². The Morgan fingerprint density at radius 1 is 0.442 bits per heavy atom. The Kier molecular flexibility index (Phi) is 7.98. The Balaban J connectivity index is 1.31. The van der Waals surface area contributed by atoms with Crippen LogP contribution in [0.15, 0.2) is 196 Å². The summed E-state index contributed by atoms with van der Waals surface area (Å²) in [5.74, 6) is 13.5. The molecule has 1 N–H and O–H groups in total. The maximum absolute atomic E-state index is 5.27. The van der Waals surface area contributed by atoms with Crippen LogP contribution in [0.2, 0.25) is 0 Å². The smallest absolute Gasteiger partial charge is 0.113 e. The molecule has 4 aliphatic rings. The minimum atomic E-state index is 0.684. The number of nitrogens with zero attached hydrogens (tertiary/aromatic N) is 4. The second kappa shape index (κ2) is 13.5. The number of nitrogens with one attached hydrogen (secondary N) is 1. The topological polar surface area (TPSA) is 66.3 Å². The second-order valence-electron chi connectivity index (χ2n) is 12.4. The molecule has 5 aromatic rings. The fraction of sp³-hybridized carbons (Fsp3) is 0.0213. The lowest BCUT2D eigenvalue weighted by Gasteiger charge is -2.12. The van der Waals surface area contributed by atoms with Crippen molar-refractivity contribution in [1.82, 2.24) is 15.0 Å². The molecule has 0 unspecified atom stereocenters.